The molecule has 26 heavy (non-hydrogen) atoms. The number of benzene rings is 1. The minimum Gasteiger partial charge on any atom is -0.492 e. The van der Waals surface area contributed by atoms with Gasteiger partial charge in [0.2, 0.25) is 0 Å². The van der Waals surface area contributed by atoms with Gasteiger partial charge in [0.1, 0.15) is 23.4 Å². The van der Waals surface area contributed by atoms with E-state index in [2.05, 4.69) is 16.2 Å². The molecule has 1 aromatic carbocycles. The molecule has 3 aromatic rings. The van der Waals surface area contributed by atoms with Crippen LogP contribution in [-0.2, 0) is 6.42 Å². The fourth-order valence-electron chi connectivity index (χ4n) is 2.66. The first-order chi connectivity index (χ1) is 12.4. The molecule has 2 aromatic heterocycles. The van der Waals surface area contributed by atoms with Crippen molar-refractivity contribution in [2.75, 3.05) is 6.61 Å². The first kappa shape index (κ1) is 18.0. The van der Waals surface area contributed by atoms with Gasteiger partial charge < -0.3 is 14.0 Å². The van der Waals surface area contributed by atoms with Gasteiger partial charge in [-0.15, -0.1) is 0 Å². The molecule has 0 radical (unpaired) electrons. The summed E-state index contributed by atoms with van der Waals surface area (Å²) in [5.74, 6) is 1.56. The lowest BCUT2D eigenvalue weighted by Gasteiger charge is -2.22. The third kappa shape index (κ3) is 4.63. The van der Waals surface area contributed by atoms with Gasteiger partial charge in [-0.25, -0.2) is 0 Å². The Kier molecular flexibility index (Phi) is 5.26. The van der Waals surface area contributed by atoms with Gasteiger partial charge in [0.25, 0.3) is 0 Å². The van der Waals surface area contributed by atoms with Crippen molar-refractivity contribution in [2.24, 2.45) is 0 Å². The summed E-state index contributed by atoms with van der Waals surface area (Å²) in [6, 6.07) is 9.93. The number of ether oxygens (including phenoxy) is 2. The highest BCUT2D eigenvalue weighted by atomic mass is 16.5. The fourth-order valence-corrected chi connectivity index (χ4v) is 2.66. The predicted molar refractivity (Wildman–Crippen MR) is 100 cm³/mol. The molecule has 0 saturated carbocycles. The topological polar surface area (TPSA) is 57.4 Å². The van der Waals surface area contributed by atoms with Crippen LogP contribution in [0.25, 0.3) is 11.1 Å². The zero-order chi connectivity index (χ0) is 18.6. The van der Waals surface area contributed by atoms with Gasteiger partial charge in [-0.05, 0) is 45.9 Å². The molecule has 0 spiro atoms. The van der Waals surface area contributed by atoms with Crippen molar-refractivity contribution in [1.29, 1.82) is 0 Å². The van der Waals surface area contributed by atoms with Crippen LogP contribution in [-0.4, -0.2) is 22.3 Å². The SMILES string of the molecule is Cc1ncccc1-c1ccc(OC(C)(C)C)cc1OCCc1cnoc1. The first-order valence-electron chi connectivity index (χ1n) is 8.68. The molecule has 2 heterocycles. The lowest BCUT2D eigenvalue weighted by molar-refractivity contribution is 0.130. The van der Waals surface area contributed by atoms with Gasteiger partial charge in [-0.1, -0.05) is 11.2 Å². The molecule has 0 aliphatic rings. The number of hydrogen-bond donors (Lipinski definition) is 0. The molecule has 0 fully saturated rings. The summed E-state index contributed by atoms with van der Waals surface area (Å²) in [7, 11) is 0. The van der Waals surface area contributed by atoms with Crippen molar-refractivity contribution >= 4 is 0 Å². The van der Waals surface area contributed by atoms with Crippen LogP contribution in [0.15, 0.2) is 53.5 Å². The zero-order valence-corrected chi connectivity index (χ0v) is 15.7. The standard InChI is InChI=1S/C21H24N2O3/c1-15-18(6-5-10-22-15)19-8-7-17(26-21(2,3)4)12-20(19)24-11-9-16-13-23-25-14-16/h5-8,10,12-14H,9,11H2,1-4H3. The van der Waals surface area contributed by atoms with Crippen molar-refractivity contribution < 1.29 is 14.0 Å². The van der Waals surface area contributed by atoms with E-state index < -0.39 is 0 Å². The lowest BCUT2D eigenvalue weighted by atomic mass is 10.0. The van der Waals surface area contributed by atoms with Crippen molar-refractivity contribution in [3.05, 3.63) is 60.2 Å². The summed E-state index contributed by atoms with van der Waals surface area (Å²) in [6.45, 7) is 8.60. The van der Waals surface area contributed by atoms with Gasteiger partial charge in [0, 0.05) is 41.1 Å². The van der Waals surface area contributed by atoms with E-state index in [4.69, 9.17) is 14.0 Å². The molecule has 0 aliphatic carbocycles. The summed E-state index contributed by atoms with van der Waals surface area (Å²) in [4.78, 5) is 4.39. The lowest BCUT2D eigenvalue weighted by Crippen LogP contribution is -2.22. The second kappa shape index (κ2) is 7.60. The van der Waals surface area contributed by atoms with Gasteiger partial charge in [0.05, 0.1) is 12.8 Å². The van der Waals surface area contributed by atoms with Gasteiger partial charge in [-0.2, -0.15) is 0 Å². The third-order valence-electron chi connectivity index (χ3n) is 3.81. The molecule has 0 saturated heterocycles. The molecule has 0 unspecified atom stereocenters. The summed E-state index contributed by atoms with van der Waals surface area (Å²) < 4.78 is 17.0. The molecule has 0 atom stereocenters. The molecule has 3 rings (SSSR count). The van der Waals surface area contributed by atoms with Crippen molar-refractivity contribution in [3.63, 3.8) is 0 Å². The number of hydrogen-bond acceptors (Lipinski definition) is 5. The molecule has 0 bridgehead atoms. The van der Waals surface area contributed by atoms with E-state index in [1.165, 1.54) is 0 Å². The highest BCUT2D eigenvalue weighted by Gasteiger charge is 2.15. The van der Waals surface area contributed by atoms with Crippen LogP contribution in [0.4, 0.5) is 0 Å². The highest BCUT2D eigenvalue weighted by Crippen LogP contribution is 2.35. The second-order valence-corrected chi connectivity index (χ2v) is 7.14. The van der Waals surface area contributed by atoms with Crippen LogP contribution >= 0.6 is 0 Å². The Morgan fingerprint density at radius 3 is 2.65 bits per heavy atom. The molecule has 5 nitrogen and oxygen atoms in total. The predicted octanol–water partition coefficient (Wildman–Crippen LogP) is 4.84. The zero-order valence-electron chi connectivity index (χ0n) is 15.7. The van der Waals surface area contributed by atoms with Gasteiger partial charge >= 0.3 is 0 Å². The van der Waals surface area contributed by atoms with E-state index in [1.54, 1.807) is 18.7 Å². The van der Waals surface area contributed by atoms with E-state index in [0.29, 0.717) is 6.61 Å². The highest BCUT2D eigenvalue weighted by molar-refractivity contribution is 5.73. The van der Waals surface area contributed by atoms with E-state index in [1.807, 2.05) is 52.0 Å². The average Bonchev–Trinajstić information content (AvgIpc) is 3.08. The smallest absolute Gasteiger partial charge is 0.130 e. The molecule has 0 amide bonds. The summed E-state index contributed by atoms with van der Waals surface area (Å²) >= 11 is 0. The van der Waals surface area contributed by atoms with E-state index in [9.17, 15) is 0 Å². The number of pyridine rings is 1. The van der Waals surface area contributed by atoms with E-state index in [-0.39, 0.29) is 5.60 Å². The number of rotatable bonds is 6. The monoisotopic (exact) mass is 352 g/mol. The third-order valence-corrected chi connectivity index (χ3v) is 3.81. The van der Waals surface area contributed by atoms with Crippen molar-refractivity contribution in [2.45, 2.75) is 39.7 Å². The van der Waals surface area contributed by atoms with E-state index in [0.717, 1.165) is 40.3 Å². The van der Waals surface area contributed by atoms with Gasteiger partial charge in [-0.3, -0.25) is 4.98 Å². The Hall–Kier alpha value is -2.82. The quantitative estimate of drug-likeness (QED) is 0.635. The summed E-state index contributed by atoms with van der Waals surface area (Å²) in [5.41, 5.74) is 3.75. The van der Waals surface area contributed by atoms with Crippen LogP contribution in [0.2, 0.25) is 0 Å². The average molecular weight is 352 g/mol. The minimum absolute atomic E-state index is 0.272. The first-order valence-corrected chi connectivity index (χ1v) is 8.68. The molecule has 0 N–H and O–H groups in total. The molecule has 0 aliphatic heterocycles. The second-order valence-electron chi connectivity index (χ2n) is 7.14. The van der Waals surface area contributed by atoms with Crippen molar-refractivity contribution in [1.82, 2.24) is 10.1 Å². The molecular weight excluding hydrogens is 328 g/mol. The maximum absolute atomic E-state index is 6.10. The Labute approximate surface area is 154 Å². The van der Waals surface area contributed by atoms with Crippen LogP contribution in [0.3, 0.4) is 0 Å². The maximum atomic E-state index is 6.10. The Bertz CT molecular complexity index is 852. The van der Waals surface area contributed by atoms with Crippen LogP contribution in [0, 0.1) is 6.92 Å². The molecular formula is C21H24N2O3. The fraction of sp³-hybridized carbons (Fsp3) is 0.333. The minimum atomic E-state index is -0.272. The number of aryl methyl sites for hydroxylation is 1. The van der Waals surface area contributed by atoms with Crippen molar-refractivity contribution in [3.8, 4) is 22.6 Å². The van der Waals surface area contributed by atoms with Crippen LogP contribution in [0.1, 0.15) is 32.0 Å². The Balaban J connectivity index is 1.88. The Morgan fingerprint density at radius 2 is 1.96 bits per heavy atom. The van der Waals surface area contributed by atoms with Crippen LogP contribution in [0.5, 0.6) is 11.5 Å². The molecule has 5 heteroatoms. The maximum Gasteiger partial charge on any atom is 0.130 e. The van der Waals surface area contributed by atoms with Crippen LogP contribution < -0.4 is 9.47 Å². The Morgan fingerprint density at radius 1 is 1.12 bits per heavy atom. The molecule has 136 valence electrons. The van der Waals surface area contributed by atoms with Gasteiger partial charge in [0.15, 0.2) is 0 Å². The number of aromatic nitrogens is 2. The largest absolute Gasteiger partial charge is 0.492 e. The normalized spacial score (nSPS) is 11.4. The summed E-state index contributed by atoms with van der Waals surface area (Å²) in [5, 5.41) is 3.72. The number of nitrogens with zero attached hydrogens (tertiary/aromatic N) is 2. The summed E-state index contributed by atoms with van der Waals surface area (Å²) in [6.07, 6.45) is 5.85. The van der Waals surface area contributed by atoms with E-state index >= 15 is 0 Å².